The number of nitrogens with one attached hydrogen (secondary N) is 1. The Balaban J connectivity index is 3.87. The van der Waals surface area contributed by atoms with Crippen molar-refractivity contribution in [1.82, 2.24) is 5.32 Å². The summed E-state index contributed by atoms with van der Waals surface area (Å²) in [5.74, 6) is -0.133. The van der Waals surface area contributed by atoms with E-state index in [9.17, 15) is 19.4 Å². The Hall–Kier alpha value is -0.500. The molecule has 0 bridgehead atoms. The van der Waals surface area contributed by atoms with Gasteiger partial charge < -0.3 is 19.8 Å². The van der Waals surface area contributed by atoms with E-state index in [1.807, 2.05) is 21.1 Å². The largest absolute Gasteiger partial charge is 0.472 e. The van der Waals surface area contributed by atoms with Gasteiger partial charge in [-0.1, -0.05) is 386 Å². The highest BCUT2D eigenvalue weighted by molar-refractivity contribution is 7.47. The molecule has 1 amide bonds. The summed E-state index contributed by atoms with van der Waals surface area (Å²) < 4.78 is 23.9. The Kier molecular flexibility index (Phi) is 63.6. The highest BCUT2D eigenvalue weighted by Crippen LogP contribution is 2.43. The van der Waals surface area contributed by atoms with Crippen molar-refractivity contribution in [2.45, 2.75) is 418 Å². The molecule has 0 spiro atoms. The van der Waals surface area contributed by atoms with Crippen molar-refractivity contribution in [3.8, 4) is 0 Å². The van der Waals surface area contributed by atoms with Gasteiger partial charge in [0.05, 0.1) is 39.9 Å². The molecular formula is C72H148N2O6P+. The van der Waals surface area contributed by atoms with Crippen LogP contribution >= 0.6 is 7.82 Å². The maximum Gasteiger partial charge on any atom is 0.472 e. The molecule has 0 radical (unpaired) electrons. The van der Waals surface area contributed by atoms with Gasteiger partial charge in [-0.15, -0.1) is 0 Å². The second-order valence-electron chi connectivity index (χ2n) is 27.0. The lowest BCUT2D eigenvalue weighted by Gasteiger charge is -2.26. The lowest BCUT2D eigenvalue weighted by atomic mass is 10.0. The summed E-state index contributed by atoms with van der Waals surface area (Å²) in [6, 6.07) is -0.757. The van der Waals surface area contributed by atoms with Crippen LogP contribution in [0.15, 0.2) is 0 Å². The summed E-state index contributed by atoms with van der Waals surface area (Å²) in [6.45, 7) is 4.97. The van der Waals surface area contributed by atoms with Crippen LogP contribution in [0.25, 0.3) is 0 Å². The van der Waals surface area contributed by atoms with Crippen molar-refractivity contribution >= 4 is 13.7 Å². The second-order valence-corrected chi connectivity index (χ2v) is 28.5. The van der Waals surface area contributed by atoms with E-state index in [1.54, 1.807) is 0 Å². The van der Waals surface area contributed by atoms with Crippen molar-refractivity contribution < 1.29 is 32.9 Å². The third kappa shape index (κ3) is 66.9. The number of rotatable bonds is 70. The van der Waals surface area contributed by atoms with E-state index in [-0.39, 0.29) is 19.1 Å². The number of hydrogen-bond acceptors (Lipinski definition) is 5. The van der Waals surface area contributed by atoms with Gasteiger partial charge in [-0.25, -0.2) is 4.57 Å². The van der Waals surface area contributed by atoms with Gasteiger partial charge in [0, 0.05) is 6.42 Å². The monoisotopic (exact) mass is 1170 g/mol. The molecule has 0 fully saturated rings. The lowest BCUT2D eigenvalue weighted by Crippen LogP contribution is -2.46. The number of carbonyl (C=O) groups excluding carboxylic acids is 1. The van der Waals surface area contributed by atoms with Crippen LogP contribution < -0.4 is 5.32 Å². The van der Waals surface area contributed by atoms with Crippen molar-refractivity contribution in [2.24, 2.45) is 0 Å². The number of phosphoric ester groups is 1. The van der Waals surface area contributed by atoms with Gasteiger partial charge in [0.1, 0.15) is 13.2 Å². The molecule has 0 saturated heterocycles. The quantitative estimate of drug-likeness (QED) is 0.0318. The van der Waals surface area contributed by atoms with E-state index in [1.165, 1.54) is 340 Å². The zero-order chi connectivity index (χ0) is 59.1. The molecule has 9 heteroatoms. The summed E-state index contributed by atoms with van der Waals surface area (Å²) in [5.41, 5.74) is 0. The van der Waals surface area contributed by atoms with Crippen LogP contribution in [-0.2, 0) is 18.4 Å². The van der Waals surface area contributed by atoms with Gasteiger partial charge in [0.25, 0.3) is 0 Å². The van der Waals surface area contributed by atoms with Crippen LogP contribution in [-0.4, -0.2) is 73.4 Å². The number of amides is 1. The van der Waals surface area contributed by atoms with Crippen LogP contribution in [0, 0.1) is 0 Å². The Morgan fingerprint density at radius 3 is 0.827 bits per heavy atom. The normalized spacial score (nSPS) is 13.5. The number of quaternary nitrogens is 1. The molecule has 3 atom stereocenters. The fourth-order valence-electron chi connectivity index (χ4n) is 11.9. The van der Waals surface area contributed by atoms with E-state index >= 15 is 0 Å². The number of hydrogen-bond donors (Lipinski definition) is 3. The first-order valence-corrected chi connectivity index (χ1v) is 38.4. The van der Waals surface area contributed by atoms with Gasteiger partial charge >= 0.3 is 7.82 Å². The molecule has 81 heavy (non-hydrogen) atoms. The van der Waals surface area contributed by atoms with Crippen molar-refractivity contribution in [3.63, 3.8) is 0 Å². The zero-order valence-corrected chi connectivity index (χ0v) is 56.7. The Morgan fingerprint density at radius 1 is 0.370 bits per heavy atom. The summed E-state index contributed by atoms with van der Waals surface area (Å²) in [7, 11) is 1.64. The summed E-state index contributed by atoms with van der Waals surface area (Å²) in [4.78, 5) is 23.5. The van der Waals surface area contributed by atoms with Crippen molar-refractivity contribution in [2.75, 3.05) is 40.9 Å². The first kappa shape index (κ1) is 80.5. The average Bonchev–Trinajstić information content (AvgIpc) is 3.43. The molecule has 486 valence electrons. The van der Waals surface area contributed by atoms with Gasteiger partial charge in [-0.3, -0.25) is 13.8 Å². The highest BCUT2D eigenvalue weighted by atomic mass is 31.2. The van der Waals surface area contributed by atoms with Crippen LogP contribution in [0.3, 0.4) is 0 Å². The predicted octanol–water partition coefficient (Wildman–Crippen LogP) is 23.5. The van der Waals surface area contributed by atoms with Crippen molar-refractivity contribution in [3.05, 3.63) is 0 Å². The molecule has 0 aliphatic carbocycles. The third-order valence-corrected chi connectivity index (χ3v) is 18.6. The molecule has 0 aliphatic rings. The lowest BCUT2D eigenvalue weighted by molar-refractivity contribution is -0.870. The molecule has 3 N–H and O–H groups in total. The highest BCUT2D eigenvalue weighted by Gasteiger charge is 2.28. The molecule has 0 aromatic heterocycles. The number of nitrogens with zero attached hydrogens (tertiary/aromatic N) is 1. The van der Waals surface area contributed by atoms with Gasteiger partial charge in [-0.2, -0.15) is 0 Å². The Bertz CT molecular complexity index is 1280. The molecule has 0 aliphatic heterocycles. The van der Waals surface area contributed by atoms with Crippen LogP contribution in [0.5, 0.6) is 0 Å². The summed E-state index contributed by atoms with van der Waals surface area (Å²) in [6.07, 6.45) is 80.9. The molecule has 0 aromatic rings. The number of likely N-dealkylation sites (N-methyl/N-ethyl adjacent to an activating group) is 1. The molecule has 3 unspecified atom stereocenters. The SMILES string of the molecule is CCCCCCCCCCCCCCCCCCCCCCCCCCCCCCCCCCCCCCCCC(=O)NC(COP(=O)(O)OCC[N+](C)(C)C)C(O)CCCCCCCCCCCCCCCCCCCCCCC. The number of carbonyl (C=O) groups is 1. The number of aliphatic hydroxyl groups excluding tert-OH is 1. The summed E-state index contributed by atoms with van der Waals surface area (Å²) >= 11 is 0. The van der Waals surface area contributed by atoms with E-state index in [4.69, 9.17) is 9.05 Å². The molecule has 0 saturated carbocycles. The van der Waals surface area contributed by atoms with Crippen LogP contribution in [0.2, 0.25) is 0 Å². The number of unbranched alkanes of at least 4 members (excludes halogenated alkanes) is 57. The predicted molar refractivity (Wildman–Crippen MR) is 356 cm³/mol. The fraction of sp³-hybridized carbons (Fsp3) is 0.986. The van der Waals surface area contributed by atoms with Gasteiger partial charge in [-0.05, 0) is 12.8 Å². The Labute approximate surface area is 508 Å². The van der Waals surface area contributed by atoms with Crippen LogP contribution in [0.1, 0.15) is 406 Å². The van der Waals surface area contributed by atoms with Gasteiger partial charge in [0.2, 0.25) is 5.91 Å². The first-order valence-electron chi connectivity index (χ1n) is 36.9. The third-order valence-electron chi connectivity index (χ3n) is 17.6. The molecule has 0 heterocycles. The minimum atomic E-state index is -4.32. The minimum absolute atomic E-state index is 0.0794. The van der Waals surface area contributed by atoms with Gasteiger partial charge in [0.15, 0.2) is 0 Å². The number of aliphatic hydroxyl groups is 1. The molecule has 0 aromatic carbocycles. The fourth-order valence-corrected chi connectivity index (χ4v) is 12.6. The van der Waals surface area contributed by atoms with E-state index in [0.717, 1.165) is 38.5 Å². The standard InChI is InChI=1S/C72H147N2O6P/c1-6-8-10-12-14-16-18-20-22-24-26-28-29-30-31-32-33-34-35-36-37-38-39-40-41-42-43-44-46-48-50-52-54-56-58-60-62-64-66-72(76)73-70(69-80-81(77,78)79-68-67-74(3,4)5)71(75)65-63-61-59-57-55-53-51-49-47-45-27-25-23-21-19-17-15-13-11-9-7-2/h70-71,75H,6-69H2,1-5H3,(H-,73,76,77,78)/p+1. The number of phosphoric acid groups is 1. The first-order chi connectivity index (χ1) is 39.5. The minimum Gasteiger partial charge on any atom is -0.391 e. The molecule has 0 rings (SSSR count). The van der Waals surface area contributed by atoms with Crippen molar-refractivity contribution in [1.29, 1.82) is 0 Å². The smallest absolute Gasteiger partial charge is 0.391 e. The second kappa shape index (κ2) is 64.0. The summed E-state index contributed by atoms with van der Waals surface area (Å²) in [5, 5.41) is 14.1. The topological polar surface area (TPSA) is 105 Å². The zero-order valence-electron chi connectivity index (χ0n) is 55.8. The maximum atomic E-state index is 13.1. The Morgan fingerprint density at radius 2 is 0.593 bits per heavy atom. The average molecular weight is 1170 g/mol. The molecule has 8 nitrogen and oxygen atoms in total. The van der Waals surface area contributed by atoms with E-state index in [0.29, 0.717) is 23.9 Å². The molecular weight excluding hydrogens is 1020 g/mol. The van der Waals surface area contributed by atoms with Crippen LogP contribution in [0.4, 0.5) is 0 Å². The maximum absolute atomic E-state index is 13.1. The van der Waals surface area contributed by atoms with E-state index in [2.05, 4.69) is 19.2 Å². The van der Waals surface area contributed by atoms with E-state index < -0.39 is 20.0 Å².